The van der Waals surface area contributed by atoms with Crippen LogP contribution in [0.3, 0.4) is 0 Å². The standard InChI is InChI=1S/C15H25NOS/c1-11(2)14(13-6-5-9-18-13)16-10-12-7-8-15(3,4)17-12/h5-6,9,11-12,14,16H,7-8,10H2,1-4H3. The molecule has 0 spiro atoms. The lowest BCUT2D eigenvalue weighted by atomic mass is 10.0. The minimum atomic E-state index is 0.0720. The molecule has 2 unspecified atom stereocenters. The van der Waals surface area contributed by atoms with E-state index in [2.05, 4.69) is 50.5 Å². The van der Waals surface area contributed by atoms with E-state index in [1.54, 1.807) is 0 Å². The molecular weight excluding hydrogens is 242 g/mol. The third kappa shape index (κ3) is 3.56. The molecule has 0 bridgehead atoms. The lowest BCUT2D eigenvalue weighted by molar-refractivity contribution is -0.0156. The fourth-order valence-electron chi connectivity index (χ4n) is 2.61. The first-order chi connectivity index (χ1) is 8.48. The molecule has 0 aromatic carbocycles. The van der Waals surface area contributed by atoms with E-state index in [0.29, 0.717) is 18.1 Å². The predicted molar refractivity (Wildman–Crippen MR) is 78.1 cm³/mol. The Labute approximate surface area is 115 Å². The Morgan fingerprint density at radius 3 is 2.78 bits per heavy atom. The smallest absolute Gasteiger partial charge is 0.0708 e. The average Bonchev–Trinajstić information content (AvgIpc) is 2.88. The number of hydrogen-bond acceptors (Lipinski definition) is 3. The van der Waals surface area contributed by atoms with Crippen molar-refractivity contribution < 1.29 is 4.74 Å². The van der Waals surface area contributed by atoms with Gasteiger partial charge in [0.15, 0.2) is 0 Å². The SMILES string of the molecule is CC(C)C(NCC1CCC(C)(C)O1)c1cccs1. The fraction of sp³-hybridized carbons (Fsp3) is 0.733. The van der Waals surface area contributed by atoms with E-state index in [0.717, 1.165) is 6.54 Å². The zero-order valence-electron chi connectivity index (χ0n) is 11.9. The van der Waals surface area contributed by atoms with E-state index in [4.69, 9.17) is 4.74 Å². The van der Waals surface area contributed by atoms with Crippen molar-refractivity contribution in [3.05, 3.63) is 22.4 Å². The predicted octanol–water partition coefficient (Wildman–Crippen LogP) is 3.99. The number of rotatable bonds is 5. The molecule has 0 aliphatic carbocycles. The Bertz CT molecular complexity index is 359. The molecule has 1 aromatic heterocycles. The van der Waals surface area contributed by atoms with Crippen LogP contribution < -0.4 is 5.32 Å². The van der Waals surface area contributed by atoms with Gasteiger partial charge >= 0.3 is 0 Å². The zero-order chi connectivity index (χ0) is 13.2. The van der Waals surface area contributed by atoms with Crippen LogP contribution >= 0.6 is 11.3 Å². The van der Waals surface area contributed by atoms with E-state index in [-0.39, 0.29) is 5.60 Å². The summed E-state index contributed by atoms with van der Waals surface area (Å²) in [4.78, 5) is 1.43. The highest BCUT2D eigenvalue weighted by Crippen LogP contribution is 2.30. The van der Waals surface area contributed by atoms with Crippen LogP contribution in [-0.4, -0.2) is 18.2 Å². The lowest BCUT2D eigenvalue weighted by Gasteiger charge is -2.24. The third-order valence-corrected chi connectivity index (χ3v) is 4.59. The van der Waals surface area contributed by atoms with Gasteiger partial charge in [-0.05, 0) is 44.1 Å². The van der Waals surface area contributed by atoms with Crippen LogP contribution in [0.25, 0.3) is 0 Å². The second-order valence-corrected chi connectivity index (χ2v) is 7.16. The summed E-state index contributed by atoms with van der Waals surface area (Å²) in [6.07, 6.45) is 2.72. The summed E-state index contributed by atoms with van der Waals surface area (Å²) >= 11 is 1.84. The molecule has 2 atom stereocenters. The quantitative estimate of drug-likeness (QED) is 0.871. The molecule has 1 aliphatic heterocycles. The number of nitrogens with one attached hydrogen (secondary N) is 1. The van der Waals surface area contributed by atoms with E-state index < -0.39 is 0 Å². The molecule has 1 N–H and O–H groups in total. The van der Waals surface area contributed by atoms with Crippen LogP contribution in [0.1, 0.15) is 51.5 Å². The van der Waals surface area contributed by atoms with Gasteiger partial charge in [0.25, 0.3) is 0 Å². The summed E-state index contributed by atoms with van der Waals surface area (Å²) in [5, 5.41) is 5.84. The van der Waals surface area contributed by atoms with Crippen molar-refractivity contribution in [1.29, 1.82) is 0 Å². The van der Waals surface area contributed by atoms with Crippen LogP contribution in [0.4, 0.5) is 0 Å². The molecule has 0 saturated carbocycles. The third-order valence-electron chi connectivity index (χ3n) is 3.64. The molecule has 18 heavy (non-hydrogen) atoms. The van der Waals surface area contributed by atoms with Gasteiger partial charge in [-0.2, -0.15) is 0 Å². The van der Waals surface area contributed by atoms with Crippen molar-refractivity contribution in [2.75, 3.05) is 6.54 Å². The normalized spacial score (nSPS) is 24.6. The monoisotopic (exact) mass is 267 g/mol. The summed E-state index contributed by atoms with van der Waals surface area (Å²) in [5.41, 5.74) is 0.0720. The average molecular weight is 267 g/mol. The molecule has 0 radical (unpaired) electrons. The van der Waals surface area contributed by atoms with Gasteiger partial charge in [0.05, 0.1) is 11.7 Å². The Hall–Kier alpha value is -0.380. The second-order valence-electron chi connectivity index (χ2n) is 6.18. The van der Waals surface area contributed by atoms with Crippen molar-refractivity contribution >= 4 is 11.3 Å². The summed E-state index contributed by atoms with van der Waals surface area (Å²) < 4.78 is 6.04. The van der Waals surface area contributed by atoms with E-state index >= 15 is 0 Å². The molecule has 3 heteroatoms. The Morgan fingerprint density at radius 1 is 1.50 bits per heavy atom. The number of ether oxygens (including phenoxy) is 1. The largest absolute Gasteiger partial charge is 0.371 e. The van der Waals surface area contributed by atoms with Gasteiger partial charge in [0.1, 0.15) is 0 Å². The molecular formula is C15H25NOS. The molecule has 0 amide bonds. The van der Waals surface area contributed by atoms with Crippen LogP contribution in [0, 0.1) is 5.92 Å². The van der Waals surface area contributed by atoms with Gasteiger partial charge < -0.3 is 10.1 Å². The summed E-state index contributed by atoms with van der Waals surface area (Å²) in [7, 11) is 0. The molecule has 1 saturated heterocycles. The molecule has 1 aliphatic rings. The Morgan fingerprint density at radius 2 is 2.28 bits per heavy atom. The maximum absolute atomic E-state index is 6.04. The minimum absolute atomic E-state index is 0.0720. The van der Waals surface area contributed by atoms with Gasteiger partial charge in [0.2, 0.25) is 0 Å². The van der Waals surface area contributed by atoms with Gasteiger partial charge in [-0.15, -0.1) is 11.3 Å². The second kappa shape index (κ2) is 5.72. The van der Waals surface area contributed by atoms with Gasteiger partial charge in [-0.25, -0.2) is 0 Å². The topological polar surface area (TPSA) is 21.3 Å². The van der Waals surface area contributed by atoms with Crippen LogP contribution in [0.5, 0.6) is 0 Å². The first-order valence-electron chi connectivity index (χ1n) is 6.92. The fourth-order valence-corrected chi connectivity index (χ4v) is 3.59. The highest BCUT2D eigenvalue weighted by atomic mass is 32.1. The molecule has 1 aromatic rings. The molecule has 1 fully saturated rings. The maximum atomic E-state index is 6.04. The Balaban J connectivity index is 1.88. The summed E-state index contributed by atoms with van der Waals surface area (Å²) in [6, 6.07) is 4.81. The molecule has 102 valence electrons. The Kier molecular flexibility index (Phi) is 4.46. The van der Waals surface area contributed by atoms with Crippen molar-refractivity contribution in [1.82, 2.24) is 5.32 Å². The number of hydrogen-bond donors (Lipinski definition) is 1. The highest BCUT2D eigenvalue weighted by Gasteiger charge is 2.32. The van der Waals surface area contributed by atoms with E-state index in [9.17, 15) is 0 Å². The molecule has 2 heterocycles. The van der Waals surface area contributed by atoms with Crippen molar-refractivity contribution in [3.63, 3.8) is 0 Å². The van der Waals surface area contributed by atoms with Crippen LogP contribution in [0.15, 0.2) is 17.5 Å². The minimum Gasteiger partial charge on any atom is -0.371 e. The summed E-state index contributed by atoms with van der Waals surface area (Å²) in [5.74, 6) is 0.609. The zero-order valence-corrected chi connectivity index (χ0v) is 12.7. The lowest BCUT2D eigenvalue weighted by Crippen LogP contribution is -2.33. The first-order valence-corrected chi connectivity index (χ1v) is 7.80. The molecule has 2 rings (SSSR count). The van der Waals surface area contributed by atoms with Gasteiger partial charge in [-0.3, -0.25) is 0 Å². The van der Waals surface area contributed by atoms with Crippen LogP contribution in [-0.2, 0) is 4.74 Å². The van der Waals surface area contributed by atoms with Crippen molar-refractivity contribution in [2.24, 2.45) is 5.92 Å². The van der Waals surface area contributed by atoms with Crippen molar-refractivity contribution in [3.8, 4) is 0 Å². The van der Waals surface area contributed by atoms with Gasteiger partial charge in [0, 0.05) is 17.5 Å². The first kappa shape index (κ1) is 14.0. The summed E-state index contributed by atoms with van der Waals surface area (Å²) in [6.45, 7) is 9.89. The van der Waals surface area contributed by atoms with E-state index in [1.807, 2.05) is 11.3 Å². The highest BCUT2D eigenvalue weighted by molar-refractivity contribution is 7.10. The van der Waals surface area contributed by atoms with E-state index in [1.165, 1.54) is 17.7 Å². The maximum Gasteiger partial charge on any atom is 0.0708 e. The van der Waals surface area contributed by atoms with Crippen molar-refractivity contribution in [2.45, 2.75) is 58.3 Å². The van der Waals surface area contributed by atoms with Crippen LogP contribution in [0.2, 0.25) is 0 Å². The van der Waals surface area contributed by atoms with Gasteiger partial charge in [-0.1, -0.05) is 19.9 Å². The number of thiophene rings is 1. The molecule has 2 nitrogen and oxygen atoms in total.